The molecule has 2 aromatic rings. The van der Waals surface area contributed by atoms with Gasteiger partial charge in [-0.3, -0.25) is 14.5 Å². The minimum atomic E-state index is -0.341. The number of rotatable bonds is 2. The summed E-state index contributed by atoms with van der Waals surface area (Å²) in [4.78, 5) is 28.7. The minimum absolute atomic E-state index is 0.0276. The van der Waals surface area contributed by atoms with E-state index >= 15 is 0 Å². The summed E-state index contributed by atoms with van der Waals surface area (Å²) in [6.07, 6.45) is 2.64. The third-order valence-electron chi connectivity index (χ3n) is 4.82. The Morgan fingerprint density at radius 1 is 1.24 bits per heavy atom. The number of Topliss-reactive ketones (excluding diaryl/α,β-unsaturated/α-hetero) is 1. The number of hydrogen-bond donors (Lipinski definition) is 1. The molecular weight excluding hydrogens is 332 g/mol. The number of benzene rings is 1. The van der Waals surface area contributed by atoms with Crippen LogP contribution in [0.25, 0.3) is 0 Å². The van der Waals surface area contributed by atoms with Gasteiger partial charge in [0, 0.05) is 29.0 Å². The number of carbonyl (C=O) groups is 2. The molecule has 1 aromatic carbocycles. The second-order valence-corrected chi connectivity index (χ2v) is 7.33. The highest BCUT2D eigenvalue weighted by molar-refractivity contribution is 7.10. The molecule has 1 aliphatic carbocycles. The number of para-hydroxylation sites is 2. The molecule has 0 unspecified atom stereocenters. The molecule has 1 amide bonds. The van der Waals surface area contributed by atoms with Crippen LogP contribution in [0.3, 0.4) is 0 Å². The highest BCUT2D eigenvalue weighted by Gasteiger charge is 2.39. The predicted octanol–water partition coefficient (Wildman–Crippen LogP) is 4.67. The van der Waals surface area contributed by atoms with Crippen LogP contribution in [0.1, 0.15) is 43.5 Å². The van der Waals surface area contributed by atoms with Crippen LogP contribution in [0.15, 0.2) is 53.0 Å². The molecule has 0 saturated heterocycles. The summed E-state index contributed by atoms with van der Waals surface area (Å²) in [5.74, 6) is 0.175. The van der Waals surface area contributed by atoms with Gasteiger partial charge in [0.1, 0.15) is 6.04 Å². The summed E-state index contributed by atoms with van der Waals surface area (Å²) >= 11 is 1.59. The van der Waals surface area contributed by atoms with Crippen molar-refractivity contribution in [3.8, 4) is 0 Å². The monoisotopic (exact) mass is 352 g/mol. The van der Waals surface area contributed by atoms with Gasteiger partial charge in [-0.25, -0.2) is 0 Å². The van der Waals surface area contributed by atoms with Crippen molar-refractivity contribution >= 4 is 34.4 Å². The van der Waals surface area contributed by atoms with E-state index in [2.05, 4.69) is 5.32 Å². The maximum absolute atomic E-state index is 12.9. The highest BCUT2D eigenvalue weighted by atomic mass is 32.1. The van der Waals surface area contributed by atoms with E-state index in [-0.39, 0.29) is 17.7 Å². The molecule has 4 rings (SSSR count). The second-order valence-electron chi connectivity index (χ2n) is 6.35. The van der Waals surface area contributed by atoms with Crippen LogP contribution in [0.5, 0.6) is 0 Å². The molecule has 5 heteroatoms. The molecular formula is C20H20N2O2S. The Morgan fingerprint density at radius 3 is 2.84 bits per heavy atom. The molecule has 0 bridgehead atoms. The Bertz CT molecular complexity index is 854. The number of nitrogens with one attached hydrogen (secondary N) is 1. The lowest BCUT2D eigenvalue weighted by Gasteiger charge is -2.32. The van der Waals surface area contributed by atoms with Crippen LogP contribution in [0.4, 0.5) is 11.4 Å². The Balaban J connectivity index is 1.99. The van der Waals surface area contributed by atoms with Gasteiger partial charge in [0.15, 0.2) is 5.78 Å². The number of amides is 1. The Hall–Kier alpha value is -2.40. The van der Waals surface area contributed by atoms with Crippen molar-refractivity contribution in [3.05, 3.63) is 57.9 Å². The first-order valence-electron chi connectivity index (χ1n) is 8.68. The van der Waals surface area contributed by atoms with E-state index in [1.54, 1.807) is 11.3 Å². The summed E-state index contributed by atoms with van der Waals surface area (Å²) in [5.41, 5.74) is 3.46. The van der Waals surface area contributed by atoms with E-state index in [1.807, 2.05) is 53.6 Å². The molecule has 128 valence electrons. The highest BCUT2D eigenvalue weighted by Crippen LogP contribution is 2.45. The molecule has 0 fully saturated rings. The SMILES string of the molecule is CCC(=O)N1c2ccccc2NC2=C(C(=O)CCC2)[C@H]1c1cccs1. The average molecular weight is 352 g/mol. The number of thiophene rings is 1. The molecule has 1 aromatic heterocycles. The van der Waals surface area contributed by atoms with Crippen molar-refractivity contribution in [3.63, 3.8) is 0 Å². The van der Waals surface area contributed by atoms with Gasteiger partial charge in [-0.1, -0.05) is 25.1 Å². The van der Waals surface area contributed by atoms with E-state index in [0.29, 0.717) is 12.8 Å². The van der Waals surface area contributed by atoms with Crippen molar-refractivity contribution in [1.29, 1.82) is 0 Å². The Morgan fingerprint density at radius 2 is 2.08 bits per heavy atom. The fraction of sp³-hybridized carbons (Fsp3) is 0.300. The number of fused-ring (bicyclic) bond motifs is 1. The Kier molecular flexibility index (Phi) is 4.17. The van der Waals surface area contributed by atoms with E-state index in [0.717, 1.165) is 40.4 Å². The summed E-state index contributed by atoms with van der Waals surface area (Å²) in [5, 5.41) is 5.46. The van der Waals surface area contributed by atoms with E-state index in [1.165, 1.54) is 0 Å². The number of allylic oxidation sites excluding steroid dienone is 1. The largest absolute Gasteiger partial charge is 0.357 e. The maximum Gasteiger partial charge on any atom is 0.227 e. The summed E-state index contributed by atoms with van der Waals surface area (Å²) in [6.45, 7) is 1.87. The second kappa shape index (κ2) is 6.48. The van der Waals surface area contributed by atoms with Crippen molar-refractivity contribution in [2.45, 2.75) is 38.6 Å². The summed E-state index contributed by atoms with van der Waals surface area (Å²) in [6, 6.07) is 11.5. The van der Waals surface area contributed by atoms with Gasteiger partial charge in [0.2, 0.25) is 5.91 Å². The van der Waals surface area contributed by atoms with Crippen LogP contribution in [0, 0.1) is 0 Å². The first-order valence-corrected chi connectivity index (χ1v) is 9.56. The van der Waals surface area contributed by atoms with Gasteiger partial charge < -0.3 is 5.32 Å². The molecule has 1 atom stereocenters. The minimum Gasteiger partial charge on any atom is -0.357 e. The van der Waals surface area contributed by atoms with Crippen LogP contribution in [-0.4, -0.2) is 11.7 Å². The maximum atomic E-state index is 12.9. The van der Waals surface area contributed by atoms with Gasteiger partial charge in [-0.05, 0) is 36.4 Å². The molecule has 0 saturated carbocycles. The molecule has 2 aliphatic rings. The zero-order valence-electron chi connectivity index (χ0n) is 14.1. The number of anilines is 2. The fourth-order valence-corrected chi connectivity index (χ4v) is 4.52. The average Bonchev–Trinajstić information content (AvgIpc) is 3.10. The number of carbonyl (C=O) groups excluding carboxylic acids is 2. The van der Waals surface area contributed by atoms with Crippen molar-refractivity contribution < 1.29 is 9.59 Å². The third-order valence-corrected chi connectivity index (χ3v) is 5.75. The fourth-order valence-electron chi connectivity index (χ4n) is 3.70. The number of hydrogen-bond acceptors (Lipinski definition) is 4. The molecule has 2 heterocycles. The van der Waals surface area contributed by atoms with Gasteiger partial charge >= 0.3 is 0 Å². The van der Waals surface area contributed by atoms with E-state index in [9.17, 15) is 9.59 Å². The van der Waals surface area contributed by atoms with Gasteiger partial charge in [0.25, 0.3) is 0 Å². The van der Waals surface area contributed by atoms with Gasteiger partial charge in [-0.2, -0.15) is 0 Å². The summed E-state index contributed by atoms with van der Waals surface area (Å²) < 4.78 is 0. The molecule has 1 N–H and O–H groups in total. The number of ketones is 1. The quantitative estimate of drug-likeness (QED) is 0.855. The topological polar surface area (TPSA) is 49.4 Å². The first-order chi connectivity index (χ1) is 12.2. The zero-order chi connectivity index (χ0) is 17.4. The molecule has 25 heavy (non-hydrogen) atoms. The van der Waals surface area contributed by atoms with Crippen molar-refractivity contribution in [2.75, 3.05) is 10.2 Å². The standard InChI is InChI=1S/C20H20N2O2S/c1-2-18(24)22-15-9-4-3-7-13(15)21-14-8-5-10-16(23)19(14)20(22)17-11-6-12-25-17/h3-4,6-7,9,11-12,20-21H,2,5,8,10H2,1H3/t20-/m1/s1. The van der Waals surface area contributed by atoms with Crippen LogP contribution in [0.2, 0.25) is 0 Å². The smallest absolute Gasteiger partial charge is 0.227 e. The third kappa shape index (κ3) is 2.68. The first kappa shape index (κ1) is 16.1. The normalized spacial score (nSPS) is 19.8. The lowest BCUT2D eigenvalue weighted by molar-refractivity contribution is -0.118. The number of nitrogens with zero attached hydrogens (tertiary/aromatic N) is 1. The lowest BCUT2D eigenvalue weighted by atomic mass is 9.88. The Labute approximate surface area is 151 Å². The molecule has 0 radical (unpaired) electrons. The molecule has 1 aliphatic heterocycles. The van der Waals surface area contributed by atoms with Crippen LogP contribution in [-0.2, 0) is 9.59 Å². The van der Waals surface area contributed by atoms with Gasteiger partial charge in [0.05, 0.1) is 11.4 Å². The summed E-state index contributed by atoms with van der Waals surface area (Å²) in [7, 11) is 0. The molecule has 0 spiro atoms. The molecule has 4 nitrogen and oxygen atoms in total. The van der Waals surface area contributed by atoms with Gasteiger partial charge in [-0.15, -0.1) is 11.3 Å². The van der Waals surface area contributed by atoms with Crippen LogP contribution < -0.4 is 10.2 Å². The van der Waals surface area contributed by atoms with Crippen molar-refractivity contribution in [2.24, 2.45) is 0 Å². The predicted molar refractivity (Wildman–Crippen MR) is 101 cm³/mol. The van der Waals surface area contributed by atoms with Crippen LogP contribution >= 0.6 is 11.3 Å². The van der Waals surface area contributed by atoms with E-state index in [4.69, 9.17) is 0 Å². The zero-order valence-corrected chi connectivity index (χ0v) is 14.9. The lowest BCUT2D eigenvalue weighted by Crippen LogP contribution is -2.37. The van der Waals surface area contributed by atoms with Crippen molar-refractivity contribution in [1.82, 2.24) is 0 Å². The van der Waals surface area contributed by atoms with E-state index < -0.39 is 0 Å².